The average molecular weight is 426 g/mol. The molecule has 2 atom stereocenters. The van der Waals surface area contributed by atoms with E-state index in [2.05, 4.69) is 0 Å². The Bertz CT molecular complexity index is 446. The van der Waals surface area contributed by atoms with Crippen LogP contribution in [0.25, 0.3) is 0 Å². The van der Waals surface area contributed by atoms with E-state index in [4.69, 9.17) is 10.2 Å². The van der Waals surface area contributed by atoms with E-state index in [1.165, 1.54) is 0 Å². The van der Waals surface area contributed by atoms with Crippen LogP contribution in [-0.2, 0) is 0 Å². The second kappa shape index (κ2) is 6.83. The quantitative estimate of drug-likeness (QED) is 0.555. The van der Waals surface area contributed by atoms with Crippen LogP contribution in [0.4, 0.5) is 61.5 Å². The lowest BCUT2D eigenvalue weighted by Gasteiger charge is -2.40. The number of rotatable bonds is 9. The zero-order chi connectivity index (χ0) is 21.6. The first-order valence-corrected chi connectivity index (χ1v) is 5.95. The molecule has 0 aromatic heterocycles. The molecule has 0 saturated heterocycles. The maximum atomic E-state index is 13.1. The van der Waals surface area contributed by atoms with Crippen LogP contribution in [0.1, 0.15) is 0 Å². The van der Waals surface area contributed by atoms with Crippen LogP contribution < -0.4 is 0 Å². The van der Waals surface area contributed by atoms with Gasteiger partial charge in [-0.05, 0) is 0 Å². The monoisotopic (exact) mass is 426 g/mol. The normalized spacial score (nSPS) is 18.0. The minimum atomic E-state index is -7.84. The number of alkyl halides is 14. The van der Waals surface area contributed by atoms with Crippen molar-refractivity contribution >= 4 is 0 Å². The Hall–Kier alpha value is -1.06. The van der Waals surface area contributed by atoms with Crippen LogP contribution in [0.15, 0.2) is 0 Å². The highest BCUT2D eigenvalue weighted by Crippen LogP contribution is 2.58. The van der Waals surface area contributed by atoms with E-state index in [0.717, 1.165) is 0 Å². The summed E-state index contributed by atoms with van der Waals surface area (Å²) in [6, 6.07) is 0. The predicted octanol–water partition coefficient (Wildman–Crippen LogP) is 3.46. The molecule has 158 valence electrons. The van der Waals surface area contributed by atoms with Crippen molar-refractivity contribution in [3.63, 3.8) is 0 Å². The van der Waals surface area contributed by atoms with Crippen LogP contribution in [-0.4, -0.2) is 71.3 Å². The Labute approximate surface area is 134 Å². The van der Waals surface area contributed by atoms with E-state index >= 15 is 0 Å². The summed E-state index contributed by atoms with van der Waals surface area (Å²) in [6.07, 6.45) is -11.4. The zero-order valence-electron chi connectivity index (χ0n) is 11.8. The van der Waals surface area contributed by atoms with Crippen molar-refractivity contribution < 1.29 is 71.7 Å². The van der Waals surface area contributed by atoms with E-state index in [-0.39, 0.29) is 0 Å². The Morgan fingerprint density at radius 2 is 0.692 bits per heavy atom. The van der Waals surface area contributed by atoms with Crippen molar-refractivity contribution in [2.24, 2.45) is 0 Å². The molecule has 16 heteroatoms. The minimum absolute atomic E-state index is 2.95. The van der Waals surface area contributed by atoms with Gasteiger partial charge in [0.25, 0.3) is 0 Å². The van der Waals surface area contributed by atoms with Gasteiger partial charge in [-0.3, -0.25) is 0 Å². The van der Waals surface area contributed by atoms with Crippen molar-refractivity contribution in [3.05, 3.63) is 0 Å². The third-order valence-electron chi connectivity index (χ3n) is 3.03. The summed E-state index contributed by atoms with van der Waals surface area (Å²) in [5.41, 5.74) is 0. The molecule has 0 amide bonds. The van der Waals surface area contributed by atoms with Crippen molar-refractivity contribution in [3.8, 4) is 0 Å². The number of hydrogen-bond acceptors (Lipinski definition) is 2. The maximum absolute atomic E-state index is 13.1. The van der Waals surface area contributed by atoms with E-state index in [1.807, 2.05) is 0 Å². The van der Waals surface area contributed by atoms with Gasteiger partial charge in [0.1, 0.15) is 13.2 Å². The molecule has 0 aliphatic heterocycles. The van der Waals surface area contributed by atoms with E-state index < -0.39 is 61.1 Å². The summed E-state index contributed by atoms with van der Waals surface area (Å²) in [4.78, 5) is 0. The summed E-state index contributed by atoms with van der Waals surface area (Å²) < 4.78 is 181. The molecular weight excluding hydrogens is 418 g/mol. The molecule has 0 aliphatic carbocycles. The summed E-state index contributed by atoms with van der Waals surface area (Å²) in [5.74, 6) is -42.1. The van der Waals surface area contributed by atoms with Crippen LogP contribution >= 0.6 is 0 Å². The van der Waals surface area contributed by atoms with E-state index in [1.54, 1.807) is 0 Å². The third-order valence-corrected chi connectivity index (χ3v) is 3.03. The fourth-order valence-corrected chi connectivity index (χ4v) is 1.43. The molecule has 2 N–H and O–H groups in total. The molecule has 2 unspecified atom stereocenters. The van der Waals surface area contributed by atoms with Crippen LogP contribution in [0.3, 0.4) is 0 Å². The van der Waals surface area contributed by atoms with Crippen LogP contribution in [0.2, 0.25) is 0 Å². The van der Waals surface area contributed by atoms with Gasteiger partial charge in [0.15, 0.2) is 0 Å². The molecule has 0 fully saturated rings. The Morgan fingerprint density at radius 1 is 0.500 bits per heavy atom. The summed E-state index contributed by atoms with van der Waals surface area (Å²) in [6.45, 7) is -5.90. The molecule has 0 spiro atoms. The molecule has 0 heterocycles. The lowest BCUT2D eigenvalue weighted by Crippen LogP contribution is -2.70. The molecule has 0 saturated carbocycles. The van der Waals surface area contributed by atoms with Gasteiger partial charge in [-0.25, -0.2) is 26.3 Å². The van der Waals surface area contributed by atoms with Crippen molar-refractivity contribution in [1.82, 2.24) is 0 Å². The first-order valence-electron chi connectivity index (χ1n) is 5.95. The van der Waals surface area contributed by atoms with Gasteiger partial charge in [0.05, 0.1) is 0 Å². The molecule has 0 aliphatic rings. The number of aliphatic hydroxyl groups is 2. The fourth-order valence-electron chi connectivity index (χ4n) is 1.43. The number of halogens is 14. The first-order chi connectivity index (χ1) is 11.2. The Kier molecular flexibility index (Phi) is 6.55. The molecule has 0 aromatic carbocycles. The molecule has 0 aromatic rings. The van der Waals surface area contributed by atoms with Gasteiger partial charge >= 0.3 is 35.5 Å². The summed E-state index contributed by atoms with van der Waals surface area (Å²) >= 11 is 0. The lowest BCUT2D eigenvalue weighted by molar-refractivity contribution is -0.401. The molecule has 2 nitrogen and oxygen atoms in total. The fraction of sp³-hybridized carbons (Fsp3) is 1.00. The molecule has 26 heavy (non-hydrogen) atoms. The number of hydrogen-bond donors (Lipinski definition) is 2. The van der Waals surface area contributed by atoms with Gasteiger partial charge in [-0.2, -0.15) is 35.1 Å². The maximum Gasteiger partial charge on any atom is 0.381 e. The lowest BCUT2D eigenvalue weighted by atomic mass is 9.90. The van der Waals surface area contributed by atoms with Gasteiger partial charge in [0, 0.05) is 0 Å². The van der Waals surface area contributed by atoms with Crippen molar-refractivity contribution in [2.45, 2.75) is 47.9 Å². The summed E-state index contributed by atoms with van der Waals surface area (Å²) in [7, 11) is 0. The highest BCUT2D eigenvalue weighted by molar-refractivity contribution is 5.11. The van der Waals surface area contributed by atoms with Gasteiger partial charge in [-0.1, -0.05) is 0 Å². The van der Waals surface area contributed by atoms with Crippen molar-refractivity contribution in [2.75, 3.05) is 13.2 Å². The standard InChI is InChI=1S/C10H8F14O2/c11-3(5(13,14)1-25)7(17,18)9(21,22)10(23,24)8(19,20)4(12)6(15,16)2-26/h3-4,25-26H,1-2H2. The topological polar surface area (TPSA) is 40.5 Å². The number of aliphatic hydroxyl groups excluding tert-OH is 2. The molecule has 0 bridgehead atoms. The van der Waals surface area contributed by atoms with Gasteiger partial charge in [-0.15, -0.1) is 0 Å². The van der Waals surface area contributed by atoms with Gasteiger partial charge in [0.2, 0.25) is 12.3 Å². The Balaban J connectivity index is 6.24. The Morgan fingerprint density at radius 3 is 0.846 bits per heavy atom. The second-order valence-corrected chi connectivity index (χ2v) is 4.96. The zero-order valence-corrected chi connectivity index (χ0v) is 11.8. The average Bonchev–Trinajstić information content (AvgIpc) is 2.52. The summed E-state index contributed by atoms with van der Waals surface area (Å²) in [5, 5.41) is 15.8. The SMILES string of the molecule is OCC(F)(F)C(F)C(F)(F)C(F)(F)C(F)(F)C(F)(F)C(F)C(F)(F)CO. The second-order valence-electron chi connectivity index (χ2n) is 4.96. The third kappa shape index (κ3) is 3.53. The van der Waals surface area contributed by atoms with Crippen LogP contribution in [0.5, 0.6) is 0 Å². The highest BCUT2D eigenvalue weighted by Gasteiger charge is 2.87. The predicted molar refractivity (Wildman–Crippen MR) is 53.6 cm³/mol. The van der Waals surface area contributed by atoms with Gasteiger partial charge < -0.3 is 10.2 Å². The van der Waals surface area contributed by atoms with Crippen LogP contribution in [0, 0.1) is 0 Å². The molecular formula is C10H8F14O2. The molecule has 0 rings (SSSR count). The molecule has 0 radical (unpaired) electrons. The van der Waals surface area contributed by atoms with E-state index in [0.29, 0.717) is 0 Å². The first kappa shape index (κ1) is 24.9. The highest BCUT2D eigenvalue weighted by atomic mass is 19.4. The largest absolute Gasteiger partial charge is 0.390 e. The smallest absolute Gasteiger partial charge is 0.381 e. The van der Waals surface area contributed by atoms with Crippen molar-refractivity contribution in [1.29, 1.82) is 0 Å². The van der Waals surface area contributed by atoms with E-state index in [9.17, 15) is 61.5 Å². The minimum Gasteiger partial charge on any atom is -0.390 e.